The number of halogens is 1. The standard InChI is InChI=1S/C12H19FN2O2S2/c1-4-9(7-18-3)15-19(16,17)12-6-11(14)8(2)5-10(12)13/h5-6,9,15H,4,7,14H2,1-3H3. The largest absolute Gasteiger partial charge is 0.398 e. The summed E-state index contributed by atoms with van der Waals surface area (Å²) in [4.78, 5) is -0.393. The van der Waals surface area contributed by atoms with E-state index in [0.717, 1.165) is 6.07 Å². The highest BCUT2D eigenvalue weighted by Gasteiger charge is 2.23. The zero-order valence-electron chi connectivity index (χ0n) is 11.2. The van der Waals surface area contributed by atoms with Crippen molar-refractivity contribution in [2.75, 3.05) is 17.7 Å². The van der Waals surface area contributed by atoms with Gasteiger partial charge in [-0.15, -0.1) is 0 Å². The minimum absolute atomic E-state index is 0.220. The van der Waals surface area contributed by atoms with E-state index in [0.29, 0.717) is 17.7 Å². The molecule has 0 saturated heterocycles. The van der Waals surface area contributed by atoms with Crippen LogP contribution in [0.2, 0.25) is 0 Å². The number of anilines is 1. The molecule has 1 aromatic rings. The SMILES string of the molecule is CCC(CSC)NS(=O)(=O)c1cc(N)c(C)cc1F. The van der Waals surface area contributed by atoms with Gasteiger partial charge < -0.3 is 5.73 Å². The monoisotopic (exact) mass is 306 g/mol. The maximum absolute atomic E-state index is 13.8. The zero-order valence-corrected chi connectivity index (χ0v) is 12.9. The molecular weight excluding hydrogens is 287 g/mol. The molecule has 0 heterocycles. The number of nitrogen functional groups attached to an aromatic ring is 1. The van der Waals surface area contributed by atoms with Crippen molar-refractivity contribution < 1.29 is 12.8 Å². The predicted octanol–water partition coefficient (Wildman–Crippen LogP) is 2.14. The van der Waals surface area contributed by atoms with E-state index in [1.165, 1.54) is 17.8 Å². The van der Waals surface area contributed by atoms with E-state index in [-0.39, 0.29) is 11.7 Å². The molecule has 0 radical (unpaired) electrons. The zero-order chi connectivity index (χ0) is 14.6. The van der Waals surface area contributed by atoms with Crippen molar-refractivity contribution in [3.8, 4) is 0 Å². The molecule has 0 fully saturated rings. The first kappa shape index (κ1) is 16.3. The van der Waals surface area contributed by atoms with Crippen LogP contribution in [0.25, 0.3) is 0 Å². The van der Waals surface area contributed by atoms with Crippen LogP contribution in [0.15, 0.2) is 17.0 Å². The number of sulfonamides is 1. The van der Waals surface area contributed by atoms with Crippen LogP contribution in [0, 0.1) is 12.7 Å². The molecule has 0 aromatic heterocycles. The van der Waals surface area contributed by atoms with Crippen LogP contribution < -0.4 is 10.5 Å². The van der Waals surface area contributed by atoms with Gasteiger partial charge in [0, 0.05) is 17.5 Å². The first-order chi connectivity index (χ1) is 8.81. The summed E-state index contributed by atoms with van der Waals surface area (Å²) < 4.78 is 40.6. The summed E-state index contributed by atoms with van der Waals surface area (Å²) >= 11 is 1.53. The van der Waals surface area contributed by atoms with Crippen molar-refractivity contribution in [3.05, 3.63) is 23.5 Å². The molecule has 1 aromatic carbocycles. The molecule has 19 heavy (non-hydrogen) atoms. The second-order valence-electron chi connectivity index (χ2n) is 4.32. The van der Waals surface area contributed by atoms with Crippen molar-refractivity contribution >= 4 is 27.5 Å². The van der Waals surface area contributed by atoms with E-state index in [1.807, 2.05) is 13.2 Å². The fourth-order valence-electron chi connectivity index (χ4n) is 1.59. The number of hydrogen-bond acceptors (Lipinski definition) is 4. The van der Waals surface area contributed by atoms with Crippen molar-refractivity contribution in [1.29, 1.82) is 0 Å². The van der Waals surface area contributed by atoms with Crippen LogP contribution in [0.3, 0.4) is 0 Å². The molecule has 1 atom stereocenters. The molecule has 3 N–H and O–H groups in total. The van der Waals surface area contributed by atoms with E-state index in [1.54, 1.807) is 6.92 Å². The van der Waals surface area contributed by atoms with Gasteiger partial charge >= 0.3 is 0 Å². The Hall–Kier alpha value is -0.790. The maximum atomic E-state index is 13.8. The lowest BCUT2D eigenvalue weighted by molar-refractivity contribution is 0.541. The quantitative estimate of drug-likeness (QED) is 0.790. The molecule has 7 heteroatoms. The Morgan fingerprint density at radius 2 is 2.11 bits per heavy atom. The van der Waals surface area contributed by atoms with E-state index in [9.17, 15) is 12.8 Å². The van der Waals surface area contributed by atoms with E-state index in [4.69, 9.17) is 5.73 Å². The van der Waals surface area contributed by atoms with Gasteiger partial charge in [-0.2, -0.15) is 11.8 Å². The molecule has 0 aliphatic carbocycles. The molecule has 0 saturated carbocycles. The number of thioether (sulfide) groups is 1. The fraction of sp³-hybridized carbons (Fsp3) is 0.500. The van der Waals surface area contributed by atoms with Crippen molar-refractivity contribution in [3.63, 3.8) is 0 Å². The number of nitrogens with two attached hydrogens (primary N) is 1. The van der Waals surface area contributed by atoms with Gasteiger partial charge in [-0.1, -0.05) is 6.92 Å². The van der Waals surface area contributed by atoms with Gasteiger partial charge in [-0.25, -0.2) is 17.5 Å². The van der Waals surface area contributed by atoms with Crippen LogP contribution in [-0.4, -0.2) is 26.5 Å². The number of rotatable bonds is 6. The van der Waals surface area contributed by atoms with Gasteiger partial charge in [0.05, 0.1) is 0 Å². The van der Waals surface area contributed by atoms with Crippen LogP contribution in [0.5, 0.6) is 0 Å². The molecule has 108 valence electrons. The summed E-state index contributed by atoms with van der Waals surface area (Å²) in [5, 5.41) is 0. The molecule has 0 bridgehead atoms. The Bertz CT molecular complexity index is 547. The Morgan fingerprint density at radius 3 is 2.63 bits per heavy atom. The van der Waals surface area contributed by atoms with E-state index < -0.39 is 20.7 Å². The second-order valence-corrected chi connectivity index (χ2v) is 6.91. The molecule has 0 amide bonds. The minimum atomic E-state index is -3.88. The molecular formula is C12H19FN2O2S2. The van der Waals surface area contributed by atoms with Crippen molar-refractivity contribution in [2.24, 2.45) is 0 Å². The lowest BCUT2D eigenvalue weighted by Crippen LogP contribution is -2.36. The van der Waals surface area contributed by atoms with Gasteiger partial charge in [-0.05, 0) is 37.3 Å². The van der Waals surface area contributed by atoms with E-state index in [2.05, 4.69) is 4.72 Å². The molecule has 1 unspecified atom stereocenters. The number of nitrogens with one attached hydrogen (secondary N) is 1. The lowest BCUT2D eigenvalue weighted by Gasteiger charge is -2.16. The second kappa shape index (κ2) is 6.58. The third-order valence-electron chi connectivity index (χ3n) is 2.79. The topological polar surface area (TPSA) is 72.2 Å². The Balaban J connectivity index is 3.10. The summed E-state index contributed by atoms with van der Waals surface area (Å²) in [6, 6.07) is 2.08. The summed E-state index contributed by atoms with van der Waals surface area (Å²) in [5.41, 5.74) is 6.43. The molecule has 1 rings (SSSR count). The lowest BCUT2D eigenvalue weighted by atomic mass is 10.2. The van der Waals surface area contributed by atoms with Gasteiger partial charge in [0.1, 0.15) is 10.7 Å². The summed E-state index contributed by atoms with van der Waals surface area (Å²) in [7, 11) is -3.88. The molecule has 0 aliphatic rings. The Labute approximate surface area is 118 Å². The molecule has 0 aliphatic heterocycles. The van der Waals surface area contributed by atoms with Crippen LogP contribution in [0.4, 0.5) is 10.1 Å². The minimum Gasteiger partial charge on any atom is -0.398 e. The van der Waals surface area contributed by atoms with Crippen LogP contribution >= 0.6 is 11.8 Å². The predicted molar refractivity (Wildman–Crippen MR) is 78.3 cm³/mol. The summed E-state index contributed by atoms with van der Waals surface area (Å²) in [5.74, 6) is -0.142. The fourth-order valence-corrected chi connectivity index (χ4v) is 3.83. The maximum Gasteiger partial charge on any atom is 0.243 e. The van der Waals surface area contributed by atoms with Crippen molar-refractivity contribution in [2.45, 2.75) is 31.2 Å². The highest BCUT2D eigenvalue weighted by molar-refractivity contribution is 7.98. The average Bonchev–Trinajstić information content (AvgIpc) is 2.32. The Morgan fingerprint density at radius 1 is 1.47 bits per heavy atom. The smallest absolute Gasteiger partial charge is 0.243 e. The number of hydrogen-bond donors (Lipinski definition) is 2. The van der Waals surface area contributed by atoms with Gasteiger partial charge in [-0.3, -0.25) is 0 Å². The first-order valence-electron chi connectivity index (χ1n) is 5.88. The average molecular weight is 306 g/mol. The van der Waals surface area contributed by atoms with Gasteiger partial charge in [0.25, 0.3) is 0 Å². The third kappa shape index (κ3) is 4.09. The Kier molecular flexibility index (Phi) is 5.64. The van der Waals surface area contributed by atoms with E-state index >= 15 is 0 Å². The summed E-state index contributed by atoms with van der Waals surface area (Å²) in [6.45, 7) is 3.51. The third-order valence-corrected chi connectivity index (χ3v) is 5.06. The molecule has 0 spiro atoms. The first-order valence-corrected chi connectivity index (χ1v) is 8.76. The normalized spacial score (nSPS) is 13.5. The highest BCUT2D eigenvalue weighted by atomic mass is 32.2. The number of benzene rings is 1. The van der Waals surface area contributed by atoms with Crippen LogP contribution in [0.1, 0.15) is 18.9 Å². The number of aryl methyl sites for hydroxylation is 1. The van der Waals surface area contributed by atoms with Crippen LogP contribution in [-0.2, 0) is 10.0 Å². The highest BCUT2D eigenvalue weighted by Crippen LogP contribution is 2.22. The van der Waals surface area contributed by atoms with Crippen molar-refractivity contribution in [1.82, 2.24) is 4.72 Å². The summed E-state index contributed by atoms with van der Waals surface area (Å²) in [6.07, 6.45) is 2.53. The molecule has 4 nitrogen and oxygen atoms in total. The van der Waals surface area contributed by atoms with Gasteiger partial charge in [0.2, 0.25) is 10.0 Å². The van der Waals surface area contributed by atoms with Gasteiger partial charge in [0.15, 0.2) is 0 Å².